The van der Waals surface area contributed by atoms with Gasteiger partial charge in [0.25, 0.3) is 5.91 Å². The molecule has 2 rings (SSSR count). The van der Waals surface area contributed by atoms with Crippen LogP contribution in [0.4, 0.5) is 4.39 Å². The normalized spacial score (nSPS) is 10.3. The number of aryl methyl sites for hydroxylation is 1. The topological polar surface area (TPSA) is 72.7 Å². The molecule has 0 spiro atoms. The molecule has 0 saturated heterocycles. The van der Waals surface area contributed by atoms with Gasteiger partial charge in [-0.2, -0.15) is 5.10 Å². The zero-order valence-electron chi connectivity index (χ0n) is 9.80. The number of halogens is 1. The summed E-state index contributed by atoms with van der Waals surface area (Å²) >= 11 is 0. The van der Waals surface area contributed by atoms with Crippen molar-refractivity contribution in [3.05, 3.63) is 42.0 Å². The minimum absolute atomic E-state index is 0.195. The number of nitrogens with one attached hydrogen (secondary N) is 1. The maximum absolute atomic E-state index is 13.5. The van der Waals surface area contributed by atoms with Gasteiger partial charge in [0.05, 0.1) is 6.54 Å². The largest absolute Gasteiger partial charge is 0.349 e. The van der Waals surface area contributed by atoms with Gasteiger partial charge in [-0.15, -0.1) is 0 Å². The number of pyridine rings is 1. The fraction of sp³-hybridized carbons (Fsp3) is 0.273. The van der Waals surface area contributed by atoms with Gasteiger partial charge in [-0.1, -0.05) is 0 Å². The molecule has 0 saturated carbocycles. The fourth-order valence-corrected chi connectivity index (χ4v) is 1.42. The van der Waals surface area contributed by atoms with Crippen molar-refractivity contribution in [1.29, 1.82) is 0 Å². The van der Waals surface area contributed by atoms with E-state index >= 15 is 0 Å². The van der Waals surface area contributed by atoms with Crippen LogP contribution in [0.2, 0.25) is 0 Å². The van der Waals surface area contributed by atoms with Crippen LogP contribution in [-0.4, -0.2) is 32.2 Å². The van der Waals surface area contributed by atoms with Crippen LogP contribution in [0, 0.1) is 12.7 Å². The van der Waals surface area contributed by atoms with E-state index in [1.165, 1.54) is 24.9 Å². The molecule has 2 heterocycles. The first kappa shape index (κ1) is 12.2. The third kappa shape index (κ3) is 2.88. The SMILES string of the molecule is Cc1cnc(C(=O)NCCn2cncn2)c(F)c1. The molecule has 1 amide bonds. The summed E-state index contributed by atoms with van der Waals surface area (Å²) in [5.41, 5.74) is 0.478. The third-order valence-corrected chi connectivity index (χ3v) is 2.29. The summed E-state index contributed by atoms with van der Waals surface area (Å²) in [4.78, 5) is 19.2. The van der Waals surface area contributed by atoms with Crippen molar-refractivity contribution in [1.82, 2.24) is 25.1 Å². The van der Waals surface area contributed by atoms with Gasteiger partial charge in [-0.25, -0.2) is 14.4 Å². The van der Waals surface area contributed by atoms with Crippen molar-refractivity contribution in [3.8, 4) is 0 Å². The number of carbonyl (C=O) groups is 1. The highest BCUT2D eigenvalue weighted by molar-refractivity contribution is 5.92. The molecule has 0 aliphatic carbocycles. The molecule has 18 heavy (non-hydrogen) atoms. The zero-order chi connectivity index (χ0) is 13.0. The Morgan fingerprint density at radius 2 is 2.39 bits per heavy atom. The van der Waals surface area contributed by atoms with Gasteiger partial charge in [0, 0.05) is 12.7 Å². The van der Waals surface area contributed by atoms with Crippen molar-refractivity contribution < 1.29 is 9.18 Å². The van der Waals surface area contributed by atoms with E-state index in [4.69, 9.17) is 0 Å². The molecule has 0 fully saturated rings. The number of hydrogen-bond donors (Lipinski definition) is 1. The van der Waals surface area contributed by atoms with Crippen LogP contribution in [0.25, 0.3) is 0 Å². The van der Waals surface area contributed by atoms with E-state index < -0.39 is 11.7 Å². The van der Waals surface area contributed by atoms with Crippen LogP contribution in [0.1, 0.15) is 16.1 Å². The van der Waals surface area contributed by atoms with E-state index in [-0.39, 0.29) is 5.69 Å². The summed E-state index contributed by atoms with van der Waals surface area (Å²) in [6.07, 6.45) is 4.40. The lowest BCUT2D eigenvalue weighted by atomic mass is 10.2. The molecular weight excluding hydrogens is 237 g/mol. The van der Waals surface area contributed by atoms with Gasteiger partial charge in [0.2, 0.25) is 0 Å². The van der Waals surface area contributed by atoms with E-state index in [0.29, 0.717) is 18.7 Å². The first-order valence-corrected chi connectivity index (χ1v) is 5.39. The van der Waals surface area contributed by atoms with Crippen molar-refractivity contribution >= 4 is 5.91 Å². The van der Waals surface area contributed by atoms with Gasteiger partial charge >= 0.3 is 0 Å². The van der Waals surface area contributed by atoms with Crippen LogP contribution in [-0.2, 0) is 6.54 Å². The Bertz CT molecular complexity index is 540. The first-order valence-electron chi connectivity index (χ1n) is 5.39. The summed E-state index contributed by atoms with van der Waals surface area (Å²) in [7, 11) is 0. The second-order valence-electron chi connectivity index (χ2n) is 3.76. The molecule has 7 heteroatoms. The fourth-order valence-electron chi connectivity index (χ4n) is 1.42. The Labute approximate surface area is 103 Å². The summed E-state index contributed by atoms with van der Waals surface area (Å²) in [6.45, 7) is 2.51. The Morgan fingerprint density at radius 1 is 1.56 bits per heavy atom. The number of aromatic nitrogens is 4. The summed E-state index contributed by atoms with van der Waals surface area (Å²) in [5, 5.41) is 6.45. The van der Waals surface area contributed by atoms with E-state index in [0.717, 1.165) is 0 Å². The molecule has 0 radical (unpaired) electrons. The number of amides is 1. The highest BCUT2D eigenvalue weighted by atomic mass is 19.1. The third-order valence-electron chi connectivity index (χ3n) is 2.29. The molecule has 0 aliphatic rings. The molecule has 0 unspecified atom stereocenters. The van der Waals surface area contributed by atoms with Gasteiger partial charge < -0.3 is 5.32 Å². The molecule has 0 aliphatic heterocycles. The minimum atomic E-state index is -0.617. The lowest BCUT2D eigenvalue weighted by Gasteiger charge is -2.05. The summed E-state index contributed by atoms with van der Waals surface area (Å²) in [5.74, 6) is -1.15. The van der Waals surface area contributed by atoms with Crippen LogP contribution in [0.3, 0.4) is 0 Å². The first-order chi connectivity index (χ1) is 8.66. The van der Waals surface area contributed by atoms with Crippen molar-refractivity contribution in [3.63, 3.8) is 0 Å². The highest BCUT2D eigenvalue weighted by Crippen LogP contribution is 2.05. The van der Waals surface area contributed by atoms with Gasteiger partial charge in [-0.3, -0.25) is 9.48 Å². The molecular formula is C11H12FN5O. The van der Waals surface area contributed by atoms with Crippen LogP contribution in [0.5, 0.6) is 0 Å². The summed E-state index contributed by atoms with van der Waals surface area (Å²) < 4.78 is 15.0. The standard InChI is InChI=1S/C11H12FN5O/c1-8-4-9(12)10(15-5-8)11(18)14-2-3-17-7-13-6-16-17/h4-7H,2-3H2,1H3,(H,14,18). The predicted octanol–water partition coefficient (Wildman–Crippen LogP) is 0.551. The lowest BCUT2D eigenvalue weighted by Crippen LogP contribution is -2.29. The maximum atomic E-state index is 13.5. The number of carbonyl (C=O) groups excluding carboxylic acids is 1. The molecule has 94 valence electrons. The molecule has 0 aromatic carbocycles. The molecule has 0 atom stereocenters. The summed E-state index contributed by atoms with van der Waals surface area (Å²) in [6, 6.07) is 1.28. The predicted molar refractivity (Wildman–Crippen MR) is 61.3 cm³/mol. The number of hydrogen-bond acceptors (Lipinski definition) is 4. The van der Waals surface area contributed by atoms with Crippen molar-refractivity contribution in [2.45, 2.75) is 13.5 Å². The van der Waals surface area contributed by atoms with E-state index in [2.05, 4.69) is 20.4 Å². The Balaban J connectivity index is 1.91. The average Bonchev–Trinajstić information content (AvgIpc) is 2.81. The minimum Gasteiger partial charge on any atom is -0.349 e. The van der Waals surface area contributed by atoms with E-state index in [1.54, 1.807) is 11.6 Å². The number of rotatable bonds is 4. The molecule has 2 aromatic rings. The van der Waals surface area contributed by atoms with Gasteiger partial charge in [0.1, 0.15) is 12.7 Å². The Kier molecular flexibility index (Phi) is 3.61. The average molecular weight is 249 g/mol. The Morgan fingerprint density at radius 3 is 3.06 bits per heavy atom. The molecule has 6 nitrogen and oxygen atoms in total. The Hall–Kier alpha value is -2.31. The van der Waals surface area contributed by atoms with Crippen LogP contribution in [0.15, 0.2) is 24.9 Å². The lowest BCUT2D eigenvalue weighted by molar-refractivity contribution is 0.0942. The molecule has 2 aromatic heterocycles. The zero-order valence-corrected chi connectivity index (χ0v) is 9.80. The maximum Gasteiger partial charge on any atom is 0.272 e. The van der Waals surface area contributed by atoms with Crippen molar-refractivity contribution in [2.75, 3.05) is 6.54 Å². The monoisotopic (exact) mass is 249 g/mol. The van der Waals surface area contributed by atoms with E-state index in [9.17, 15) is 9.18 Å². The van der Waals surface area contributed by atoms with Crippen molar-refractivity contribution in [2.24, 2.45) is 0 Å². The van der Waals surface area contributed by atoms with Gasteiger partial charge in [-0.05, 0) is 18.6 Å². The van der Waals surface area contributed by atoms with Crippen LogP contribution >= 0.6 is 0 Å². The van der Waals surface area contributed by atoms with Gasteiger partial charge in [0.15, 0.2) is 11.5 Å². The molecule has 0 bridgehead atoms. The van der Waals surface area contributed by atoms with Crippen LogP contribution < -0.4 is 5.32 Å². The molecule has 1 N–H and O–H groups in total. The highest BCUT2D eigenvalue weighted by Gasteiger charge is 2.12. The smallest absolute Gasteiger partial charge is 0.272 e. The quantitative estimate of drug-likeness (QED) is 0.858. The second kappa shape index (κ2) is 5.35. The number of nitrogens with zero attached hydrogens (tertiary/aromatic N) is 4. The second-order valence-corrected chi connectivity index (χ2v) is 3.76. The van der Waals surface area contributed by atoms with E-state index in [1.807, 2.05) is 0 Å².